The first kappa shape index (κ1) is 13.7. The van der Waals surface area contributed by atoms with Crippen molar-refractivity contribution in [3.05, 3.63) is 43.6 Å². The van der Waals surface area contributed by atoms with Crippen LogP contribution < -0.4 is 5.32 Å². The van der Waals surface area contributed by atoms with Crippen LogP contribution in [0.4, 0.5) is 11.4 Å². The van der Waals surface area contributed by atoms with Crippen molar-refractivity contribution in [1.82, 2.24) is 10.1 Å². The van der Waals surface area contributed by atoms with Crippen LogP contribution in [0.5, 0.6) is 0 Å². The van der Waals surface area contributed by atoms with Crippen molar-refractivity contribution in [2.45, 2.75) is 13.3 Å². The summed E-state index contributed by atoms with van der Waals surface area (Å²) >= 11 is 2.06. The number of aromatic nitrogens is 2. The molecule has 2 aromatic rings. The van der Waals surface area contributed by atoms with Crippen LogP contribution in [-0.2, 0) is 6.42 Å². The van der Waals surface area contributed by atoms with Gasteiger partial charge in [0.15, 0.2) is 5.82 Å². The predicted molar refractivity (Wildman–Crippen MR) is 77.0 cm³/mol. The molecular weight excluding hydrogens is 363 g/mol. The normalized spacial score (nSPS) is 10.4. The van der Waals surface area contributed by atoms with Gasteiger partial charge >= 0.3 is 0 Å². The Balaban J connectivity index is 1.94. The van der Waals surface area contributed by atoms with Gasteiger partial charge in [-0.3, -0.25) is 10.1 Å². The fourth-order valence-corrected chi connectivity index (χ4v) is 2.20. The van der Waals surface area contributed by atoms with Gasteiger partial charge in [-0.1, -0.05) is 5.16 Å². The molecule has 0 bridgehead atoms. The number of hydrogen-bond donors (Lipinski definition) is 1. The van der Waals surface area contributed by atoms with Gasteiger partial charge in [-0.25, -0.2) is 0 Å². The van der Waals surface area contributed by atoms with Crippen LogP contribution in [0.2, 0.25) is 0 Å². The average molecular weight is 374 g/mol. The van der Waals surface area contributed by atoms with E-state index < -0.39 is 4.92 Å². The Morgan fingerprint density at radius 3 is 2.89 bits per heavy atom. The second-order valence-corrected chi connectivity index (χ2v) is 5.00. The number of nitrogens with one attached hydrogen (secondary N) is 1. The summed E-state index contributed by atoms with van der Waals surface area (Å²) in [6.07, 6.45) is 0.605. The smallest absolute Gasteiger partial charge is 0.270 e. The summed E-state index contributed by atoms with van der Waals surface area (Å²) in [5.41, 5.74) is 0.935. The van der Waals surface area contributed by atoms with Crippen LogP contribution >= 0.6 is 22.6 Å². The van der Waals surface area contributed by atoms with Crippen LogP contribution in [0.1, 0.15) is 11.7 Å². The largest absolute Gasteiger partial charge is 0.384 e. The van der Waals surface area contributed by atoms with Gasteiger partial charge < -0.3 is 9.84 Å². The lowest BCUT2D eigenvalue weighted by Gasteiger charge is -2.06. The van der Waals surface area contributed by atoms with Crippen molar-refractivity contribution >= 4 is 34.0 Å². The van der Waals surface area contributed by atoms with Crippen molar-refractivity contribution in [1.29, 1.82) is 0 Å². The Labute approximate surface area is 122 Å². The molecule has 0 aliphatic rings. The third-order valence-electron chi connectivity index (χ3n) is 2.39. The topological polar surface area (TPSA) is 94.1 Å². The lowest BCUT2D eigenvalue weighted by Crippen LogP contribution is -2.06. The molecule has 0 saturated heterocycles. The van der Waals surface area contributed by atoms with Gasteiger partial charge in [-0.2, -0.15) is 4.98 Å². The summed E-state index contributed by atoms with van der Waals surface area (Å²) < 4.78 is 5.79. The third kappa shape index (κ3) is 3.63. The average Bonchev–Trinajstić information content (AvgIpc) is 2.77. The molecule has 0 spiro atoms. The van der Waals surface area contributed by atoms with E-state index in [0.717, 1.165) is 9.26 Å². The molecule has 1 heterocycles. The van der Waals surface area contributed by atoms with Crippen LogP contribution in [0.15, 0.2) is 22.7 Å². The molecule has 0 aliphatic heterocycles. The van der Waals surface area contributed by atoms with Gasteiger partial charge in [-0.05, 0) is 35.6 Å². The summed E-state index contributed by atoms with van der Waals surface area (Å²) in [6.45, 7) is 2.38. The van der Waals surface area contributed by atoms with E-state index in [0.29, 0.717) is 24.7 Å². The maximum Gasteiger partial charge on any atom is 0.270 e. The van der Waals surface area contributed by atoms with Gasteiger partial charge in [0.2, 0.25) is 5.89 Å². The molecule has 0 fully saturated rings. The maximum atomic E-state index is 10.6. The molecule has 0 amide bonds. The van der Waals surface area contributed by atoms with E-state index in [2.05, 4.69) is 38.0 Å². The Morgan fingerprint density at radius 1 is 1.53 bits per heavy atom. The molecule has 100 valence electrons. The Bertz CT molecular complexity index is 599. The number of nitro groups is 1. The quantitative estimate of drug-likeness (QED) is 0.491. The van der Waals surface area contributed by atoms with Crippen molar-refractivity contribution in [2.75, 3.05) is 11.9 Å². The number of aryl methyl sites for hydroxylation is 1. The maximum absolute atomic E-state index is 10.6. The Kier molecular flexibility index (Phi) is 4.30. The fourth-order valence-electron chi connectivity index (χ4n) is 1.51. The number of nitrogens with zero attached hydrogens (tertiary/aromatic N) is 3. The van der Waals surface area contributed by atoms with Crippen LogP contribution in [-0.4, -0.2) is 21.6 Å². The number of benzene rings is 1. The Hall–Kier alpha value is -1.71. The SMILES string of the molecule is Cc1noc(CCNc2ccc([N+](=O)[O-])cc2I)n1. The number of hydrogen-bond acceptors (Lipinski definition) is 6. The monoisotopic (exact) mass is 374 g/mol. The summed E-state index contributed by atoms with van der Waals surface area (Å²) in [5.74, 6) is 1.18. The summed E-state index contributed by atoms with van der Waals surface area (Å²) in [6, 6.07) is 4.69. The Morgan fingerprint density at radius 2 is 2.32 bits per heavy atom. The zero-order chi connectivity index (χ0) is 13.8. The first-order chi connectivity index (χ1) is 9.06. The van der Waals surface area contributed by atoms with Crippen molar-refractivity contribution in [2.24, 2.45) is 0 Å². The summed E-state index contributed by atoms with van der Waals surface area (Å²) in [5, 5.41) is 17.5. The van der Waals surface area contributed by atoms with Gasteiger partial charge in [0.25, 0.3) is 5.69 Å². The lowest BCUT2D eigenvalue weighted by atomic mass is 10.3. The molecule has 2 rings (SSSR count). The lowest BCUT2D eigenvalue weighted by molar-refractivity contribution is -0.384. The van der Waals surface area contributed by atoms with Crippen molar-refractivity contribution in [3.63, 3.8) is 0 Å². The molecular formula is C11H11IN4O3. The molecule has 0 aliphatic carbocycles. The summed E-state index contributed by atoms with van der Waals surface area (Å²) in [7, 11) is 0. The molecule has 1 N–H and O–H groups in total. The highest BCUT2D eigenvalue weighted by Crippen LogP contribution is 2.23. The molecule has 1 aromatic carbocycles. The standard InChI is InChI=1S/C11H11IN4O3/c1-7-14-11(19-15-7)4-5-13-10-3-2-8(16(17)18)6-9(10)12/h2-3,6,13H,4-5H2,1H3. The van der Waals surface area contributed by atoms with E-state index >= 15 is 0 Å². The van der Waals surface area contributed by atoms with E-state index in [9.17, 15) is 10.1 Å². The van der Waals surface area contributed by atoms with E-state index in [-0.39, 0.29) is 5.69 Å². The number of halogens is 1. The van der Waals surface area contributed by atoms with Gasteiger partial charge in [0.05, 0.1) is 4.92 Å². The second kappa shape index (κ2) is 5.95. The zero-order valence-electron chi connectivity index (χ0n) is 10.1. The van der Waals surface area contributed by atoms with Crippen LogP contribution in [0.3, 0.4) is 0 Å². The molecule has 0 unspecified atom stereocenters. The number of nitro benzene ring substituents is 1. The first-order valence-corrected chi connectivity index (χ1v) is 6.61. The molecule has 0 atom stereocenters. The van der Waals surface area contributed by atoms with Crippen molar-refractivity contribution in [3.8, 4) is 0 Å². The van der Waals surface area contributed by atoms with Crippen LogP contribution in [0, 0.1) is 20.6 Å². The fraction of sp³-hybridized carbons (Fsp3) is 0.273. The summed E-state index contributed by atoms with van der Waals surface area (Å²) in [4.78, 5) is 14.3. The zero-order valence-corrected chi connectivity index (χ0v) is 12.2. The molecule has 19 heavy (non-hydrogen) atoms. The number of rotatable bonds is 5. The third-order valence-corrected chi connectivity index (χ3v) is 3.28. The highest BCUT2D eigenvalue weighted by molar-refractivity contribution is 14.1. The van der Waals surface area contributed by atoms with Gasteiger partial charge in [-0.15, -0.1) is 0 Å². The predicted octanol–water partition coefficient (Wildman–Crippen LogP) is 2.55. The molecule has 8 heteroatoms. The minimum atomic E-state index is -0.410. The molecule has 1 aromatic heterocycles. The minimum Gasteiger partial charge on any atom is -0.384 e. The minimum absolute atomic E-state index is 0.0856. The highest BCUT2D eigenvalue weighted by Gasteiger charge is 2.09. The van der Waals surface area contributed by atoms with Gasteiger partial charge in [0, 0.05) is 34.4 Å². The van der Waals surface area contributed by atoms with E-state index in [1.807, 2.05) is 0 Å². The highest BCUT2D eigenvalue weighted by atomic mass is 127. The molecule has 7 nitrogen and oxygen atoms in total. The van der Waals surface area contributed by atoms with E-state index in [1.54, 1.807) is 13.0 Å². The van der Waals surface area contributed by atoms with Crippen molar-refractivity contribution < 1.29 is 9.45 Å². The second-order valence-electron chi connectivity index (χ2n) is 3.83. The van der Waals surface area contributed by atoms with Crippen LogP contribution in [0.25, 0.3) is 0 Å². The van der Waals surface area contributed by atoms with E-state index in [1.165, 1.54) is 12.1 Å². The molecule has 0 radical (unpaired) electrons. The number of anilines is 1. The number of non-ortho nitro benzene ring substituents is 1. The van der Waals surface area contributed by atoms with Gasteiger partial charge in [0.1, 0.15) is 0 Å². The van der Waals surface area contributed by atoms with E-state index in [4.69, 9.17) is 4.52 Å². The molecule has 0 saturated carbocycles. The first-order valence-electron chi connectivity index (χ1n) is 5.53.